The van der Waals surface area contributed by atoms with E-state index in [-0.39, 0.29) is 24.5 Å². The van der Waals surface area contributed by atoms with Gasteiger partial charge in [-0.15, -0.1) is 0 Å². The Bertz CT molecular complexity index is 527. The molecule has 1 aliphatic rings. The van der Waals surface area contributed by atoms with Crippen LogP contribution < -0.4 is 4.90 Å². The minimum absolute atomic E-state index is 0.125. The van der Waals surface area contributed by atoms with Crippen LogP contribution in [0.25, 0.3) is 0 Å². The predicted molar refractivity (Wildman–Crippen MR) is 73.5 cm³/mol. The van der Waals surface area contributed by atoms with Gasteiger partial charge in [0.1, 0.15) is 6.61 Å². The van der Waals surface area contributed by atoms with Gasteiger partial charge in [0.2, 0.25) is 0 Å². The zero-order valence-electron chi connectivity index (χ0n) is 11.4. The van der Waals surface area contributed by atoms with Crippen LogP contribution in [0, 0.1) is 10.1 Å². The summed E-state index contributed by atoms with van der Waals surface area (Å²) in [5.74, 6) is -0.686. The van der Waals surface area contributed by atoms with Gasteiger partial charge in [-0.25, -0.2) is 4.79 Å². The van der Waals surface area contributed by atoms with Gasteiger partial charge < -0.3 is 19.5 Å². The SMILES string of the molecule is O=C(OCCO)c1cc([N+](=O)[O-])ccc1N1CCOCC1. The standard InChI is InChI=1S/C13H16N2O6/c16-5-8-21-13(17)11-9-10(15(18)19)1-2-12(11)14-3-6-20-7-4-14/h1-2,9,16H,3-8H2. The van der Waals surface area contributed by atoms with E-state index >= 15 is 0 Å². The molecule has 0 radical (unpaired) electrons. The molecule has 1 N–H and O–H groups in total. The average Bonchev–Trinajstić information content (AvgIpc) is 2.52. The van der Waals surface area contributed by atoms with Gasteiger partial charge in [-0.05, 0) is 6.07 Å². The zero-order valence-corrected chi connectivity index (χ0v) is 11.4. The molecule has 8 heteroatoms. The van der Waals surface area contributed by atoms with Crippen molar-refractivity contribution in [1.29, 1.82) is 0 Å². The Balaban J connectivity index is 2.33. The van der Waals surface area contributed by atoms with E-state index in [0.29, 0.717) is 32.0 Å². The zero-order chi connectivity index (χ0) is 15.2. The van der Waals surface area contributed by atoms with Crippen LogP contribution in [-0.4, -0.2) is 55.5 Å². The van der Waals surface area contributed by atoms with E-state index in [1.165, 1.54) is 12.1 Å². The quantitative estimate of drug-likeness (QED) is 0.481. The highest BCUT2D eigenvalue weighted by atomic mass is 16.6. The number of nitro benzene ring substituents is 1. The van der Waals surface area contributed by atoms with E-state index in [4.69, 9.17) is 14.6 Å². The number of nitro groups is 1. The number of benzene rings is 1. The summed E-state index contributed by atoms with van der Waals surface area (Å²) in [6.07, 6.45) is 0. The third-order valence-corrected chi connectivity index (χ3v) is 3.09. The van der Waals surface area contributed by atoms with Crippen LogP contribution >= 0.6 is 0 Å². The Morgan fingerprint density at radius 2 is 2.14 bits per heavy atom. The number of anilines is 1. The maximum Gasteiger partial charge on any atom is 0.340 e. The molecule has 1 aromatic rings. The third kappa shape index (κ3) is 3.67. The van der Waals surface area contributed by atoms with E-state index in [0.717, 1.165) is 0 Å². The van der Waals surface area contributed by atoms with Gasteiger partial charge in [0.05, 0.1) is 36.0 Å². The first-order valence-electron chi connectivity index (χ1n) is 6.52. The summed E-state index contributed by atoms with van der Waals surface area (Å²) in [5, 5.41) is 19.6. The highest BCUT2D eigenvalue weighted by Crippen LogP contribution is 2.27. The summed E-state index contributed by atoms with van der Waals surface area (Å²) in [6.45, 7) is 1.80. The number of nitrogens with zero attached hydrogens (tertiary/aromatic N) is 2. The van der Waals surface area contributed by atoms with E-state index in [1.807, 2.05) is 4.90 Å². The highest BCUT2D eigenvalue weighted by Gasteiger charge is 2.22. The summed E-state index contributed by atoms with van der Waals surface area (Å²) in [6, 6.07) is 4.09. The number of carbonyl (C=O) groups excluding carboxylic acids is 1. The van der Waals surface area contributed by atoms with E-state index in [1.54, 1.807) is 6.07 Å². The summed E-state index contributed by atoms with van der Waals surface area (Å²) in [5.41, 5.74) is 0.523. The number of hydrogen-bond acceptors (Lipinski definition) is 7. The monoisotopic (exact) mass is 296 g/mol. The second-order valence-electron chi connectivity index (χ2n) is 4.42. The highest BCUT2D eigenvalue weighted by molar-refractivity contribution is 5.96. The third-order valence-electron chi connectivity index (χ3n) is 3.09. The normalized spacial score (nSPS) is 14.8. The van der Waals surface area contributed by atoms with Gasteiger partial charge in [0.15, 0.2) is 0 Å². The van der Waals surface area contributed by atoms with Crippen molar-refractivity contribution in [2.45, 2.75) is 0 Å². The van der Waals surface area contributed by atoms with Crippen molar-refractivity contribution in [2.75, 3.05) is 44.4 Å². The molecule has 0 atom stereocenters. The Morgan fingerprint density at radius 1 is 1.43 bits per heavy atom. The molecule has 114 valence electrons. The molecule has 2 rings (SSSR count). The van der Waals surface area contributed by atoms with Gasteiger partial charge >= 0.3 is 5.97 Å². The topological polar surface area (TPSA) is 102 Å². The first kappa shape index (κ1) is 15.2. The van der Waals surface area contributed by atoms with Gasteiger partial charge in [-0.3, -0.25) is 10.1 Å². The Kier molecular flexibility index (Phi) is 5.07. The number of non-ortho nitro benzene ring substituents is 1. The minimum Gasteiger partial charge on any atom is -0.460 e. The minimum atomic E-state index is -0.686. The van der Waals surface area contributed by atoms with Crippen molar-refractivity contribution >= 4 is 17.3 Å². The summed E-state index contributed by atoms with van der Waals surface area (Å²) in [7, 11) is 0. The number of rotatable bonds is 5. The lowest BCUT2D eigenvalue weighted by atomic mass is 10.1. The first-order valence-corrected chi connectivity index (χ1v) is 6.52. The van der Waals surface area contributed by atoms with Crippen LogP contribution in [0.15, 0.2) is 18.2 Å². The molecule has 8 nitrogen and oxygen atoms in total. The van der Waals surface area contributed by atoms with Crippen molar-refractivity contribution < 1.29 is 24.3 Å². The van der Waals surface area contributed by atoms with E-state index < -0.39 is 10.9 Å². The molecule has 1 heterocycles. The summed E-state index contributed by atoms with van der Waals surface area (Å²) in [4.78, 5) is 24.2. The van der Waals surface area contributed by atoms with Crippen LogP contribution in [0.1, 0.15) is 10.4 Å². The molecule has 1 aliphatic heterocycles. The molecule has 0 bridgehead atoms. The van der Waals surface area contributed by atoms with Crippen LogP contribution in [-0.2, 0) is 9.47 Å². The molecule has 0 unspecified atom stereocenters. The molecule has 1 aromatic carbocycles. The number of ether oxygens (including phenoxy) is 2. The molecule has 0 spiro atoms. The molecule has 21 heavy (non-hydrogen) atoms. The number of morpholine rings is 1. The first-order chi connectivity index (χ1) is 10.1. The van der Waals surface area contributed by atoms with Crippen LogP contribution in [0.3, 0.4) is 0 Å². The van der Waals surface area contributed by atoms with Crippen molar-refractivity contribution in [3.8, 4) is 0 Å². The van der Waals surface area contributed by atoms with Crippen molar-refractivity contribution in [1.82, 2.24) is 0 Å². The van der Waals surface area contributed by atoms with Crippen molar-refractivity contribution in [3.63, 3.8) is 0 Å². The number of aliphatic hydroxyl groups is 1. The van der Waals surface area contributed by atoms with E-state index in [2.05, 4.69) is 0 Å². The number of esters is 1. The Hall–Kier alpha value is -2.19. The second kappa shape index (κ2) is 7.00. The molecule has 0 saturated carbocycles. The number of hydrogen-bond donors (Lipinski definition) is 1. The molecular formula is C13H16N2O6. The molecular weight excluding hydrogens is 280 g/mol. The molecule has 1 saturated heterocycles. The number of aliphatic hydroxyl groups excluding tert-OH is 1. The second-order valence-corrected chi connectivity index (χ2v) is 4.42. The fourth-order valence-electron chi connectivity index (χ4n) is 2.10. The largest absolute Gasteiger partial charge is 0.460 e. The smallest absolute Gasteiger partial charge is 0.340 e. The molecule has 0 aromatic heterocycles. The van der Waals surface area contributed by atoms with Gasteiger partial charge in [-0.1, -0.05) is 0 Å². The van der Waals surface area contributed by atoms with Crippen molar-refractivity contribution in [2.24, 2.45) is 0 Å². The summed E-state index contributed by atoms with van der Waals surface area (Å²) >= 11 is 0. The predicted octanol–water partition coefficient (Wildman–Crippen LogP) is 0.580. The van der Waals surface area contributed by atoms with Crippen LogP contribution in [0.4, 0.5) is 11.4 Å². The Labute approximate surface area is 121 Å². The molecule has 1 fully saturated rings. The van der Waals surface area contributed by atoms with Gasteiger partial charge in [0, 0.05) is 25.2 Å². The number of carbonyl (C=O) groups is 1. The lowest BCUT2D eigenvalue weighted by Gasteiger charge is -2.30. The maximum absolute atomic E-state index is 12.0. The lowest BCUT2D eigenvalue weighted by molar-refractivity contribution is -0.384. The fourth-order valence-corrected chi connectivity index (χ4v) is 2.10. The van der Waals surface area contributed by atoms with Crippen LogP contribution in [0.5, 0.6) is 0 Å². The maximum atomic E-state index is 12.0. The average molecular weight is 296 g/mol. The van der Waals surface area contributed by atoms with Gasteiger partial charge in [-0.2, -0.15) is 0 Å². The van der Waals surface area contributed by atoms with Crippen LogP contribution in [0.2, 0.25) is 0 Å². The van der Waals surface area contributed by atoms with Crippen molar-refractivity contribution in [3.05, 3.63) is 33.9 Å². The summed E-state index contributed by atoms with van der Waals surface area (Å²) < 4.78 is 10.1. The lowest BCUT2D eigenvalue weighted by Crippen LogP contribution is -2.37. The van der Waals surface area contributed by atoms with E-state index in [9.17, 15) is 14.9 Å². The molecule has 0 aliphatic carbocycles. The fraction of sp³-hybridized carbons (Fsp3) is 0.462. The molecule has 0 amide bonds. The van der Waals surface area contributed by atoms with Gasteiger partial charge in [0.25, 0.3) is 5.69 Å². The Morgan fingerprint density at radius 3 is 2.76 bits per heavy atom.